The number of amides is 2. The van der Waals surface area contributed by atoms with Gasteiger partial charge in [-0.05, 0) is 268 Å². The van der Waals surface area contributed by atoms with Crippen LogP contribution in [0.5, 0.6) is 0 Å². The van der Waals surface area contributed by atoms with E-state index < -0.39 is 239 Å². The second-order valence-electron chi connectivity index (χ2n) is 44.6. The van der Waals surface area contributed by atoms with E-state index >= 15 is 0 Å². The zero-order valence-corrected chi connectivity index (χ0v) is 92.5. The first-order valence-electron chi connectivity index (χ1n) is 52.6. The van der Waals surface area contributed by atoms with E-state index in [1.165, 1.54) is 90.7 Å². The summed E-state index contributed by atoms with van der Waals surface area (Å²) in [6.07, 6.45) is -25.2. The number of pyridine rings is 2. The number of esters is 2. The standard InChI is InChI=1S/2C54H86F3N5O13/c1-15-40-53(11,69)44(64)34(7)62(13)28-29(2)26-51(9,68)46(32(5)43(33(6)49(67)73-40)74-41-27-52(10,70-14)45(65)35(8)72-41)75-50-42(63)39(25-30(3)71-50)61(12)24-18-23-59-48(66)36-19-17-22-58-47(36)60-38-21-16-20-37(31(38)4)54(55,56)57;1-15-40-53(11,69)44(64)34(7)62(24-18-23-59-48(66)36-19-17-22-58-47(36)60-38-21-16-20-37(31(38)4)54(55,56)57)28-29(2)26-51(9,68)46(75-50-42(63)39(61(12)13)25-30(3)71-50)32(5)43(33(6)49(67)73-40)74-41-27-52(10,70-14)45(65)35(8)72-41/h2*16-17,19-22,29-30,32-35,39-46,50,63-65,68-69H,15,18,23-28H2,1-14H3,(H,58,60)(H,59,66)/t2*29-,30-,32+,33-,34-,35+,39+,40-,41+,42-,43+,44-,45+,46-,50+,51-,52-,53-/m11/s1. The number of hydrogen-bond acceptors (Lipinski definition) is 34. The second-order valence-corrected chi connectivity index (χ2v) is 44.6. The molecule has 150 heavy (non-hydrogen) atoms. The SMILES string of the molecule is CC[C@H]1OC(=O)[C@H](C)[C@@H](O[C@H]2C[C@@](C)(OC)[C@@H](O)[C@H](C)O2)[C@H](C)[C@@H](O[C@@H]2O[C@H](C)C[C@H](N(C)C)[C@H]2O)[C@](C)(O)C[C@@H](C)CN(CCCNC(=O)c2cccnc2Nc2cccc(C(F)(F)F)c2C)[C@H](C)[C@@H](O)[C@]1(C)O.CC[C@H]1OC(=O)[C@H](C)[C@@H](O[C@H]2C[C@@](C)(OC)[C@@H](O)[C@H](C)O2)[C@H](C)[C@@H](O[C@@H]2O[C@H](C)C[C@H](N(C)CCCNC(=O)c3cccnc3Nc3cccc(C(F)(F)F)c3C)[C@H]2O)[C@](C)(O)C[C@@H](C)CN(C)[C@H](C)[C@@H](O)[C@]1(C)O. The Kier molecular flexibility index (Phi) is 44.5. The molecule has 852 valence electrons. The summed E-state index contributed by atoms with van der Waals surface area (Å²) in [5.74, 6) is -7.01. The number of carbonyl (C=O) groups is 4. The summed E-state index contributed by atoms with van der Waals surface area (Å²) in [5, 5.41) is 131. The Bertz CT molecular complexity index is 4930. The van der Waals surface area contributed by atoms with E-state index in [0.717, 1.165) is 12.1 Å². The van der Waals surface area contributed by atoms with Crippen LogP contribution in [0.4, 0.5) is 49.4 Å². The Morgan fingerprint density at radius 2 is 0.900 bits per heavy atom. The fourth-order valence-electron chi connectivity index (χ4n) is 22.7. The second kappa shape index (κ2) is 52.8. The Balaban J connectivity index is 0.000000333. The van der Waals surface area contributed by atoms with E-state index in [9.17, 15) is 96.6 Å². The van der Waals surface area contributed by atoms with Gasteiger partial charge >= 0.3 is 24.3 Å². The lowest BCUT2D eigenvalue weighted by atomic mass is 9.77. The molecule has 0 aliphatic carbocycles. The van der Waals surface area contributed by atoms with Crippen molar-refractivity contribution >= 4 is 46.8 Å². The molecule has 0 spiro atoms. The van der Waals surface area contributed by atoms with Crippen LogP contribution in [-0.2, 0) is 78.8 Å². The lowest BCUT2D eigenvalue weighted by Crippen LogP contribution is -2.61. The quantitative estimate of drug-likeness (QED) is 0.0143. The van der Waals surface area contributed by atoms with Gasteiger partial charge in [-0.15, -0.1) is 0 Å². The Morgan fingerprint density at radius 3 is 1.29 bits per heavy atom. The number of likely N-dealkylation sites (N-methyl/N-ethyl adjacent to an activating group) is 3. The fourth-order valence-corrected chi connectivity index (χ4v) is 22.7. The number of nitrogens with zero attached hydrogens (tertiary/aromatic N) is 6. The van der Waals surface area contributed by atoms with Gasteiger partial charge in [0.2, 0.25) is 0 Å². The first-order valence-corrected chi connectivity index (χ1v) is 52.6. The molecule has 2 aromatic heterocycles. The largest absolute Gasteiger partial charge is 0.459 e. The van der Waals surface area contributed by atoms with Crippen molar-refractivity contribution in [1.82, 2.24) is 40.2 Å². The van der Waals surface area contributed by atoms with Crippen molar-refractivity contribution in [3.63, 3.8) is 0 Å². The van der Waals surface area contributed by atoms with E-state index in [-0.39, 0.29) is 134 Å². The molecule has 2 amide bonds. The summed E-state index contributed by atoms with van der Waals surface area (Å²) < 4.78 is 158. The van der Waals surface area contributed by atoms with Gasteiger partial charge in [0.15, 0.2) is 25.2 Å². The average molecular weight is 2140 g/mol. The number of methoxy groups -OCH3 is 2. The number of halogens is 6. The van der Waals surface area contributed by atoms with E-state index in [2.05, 4.69) is 31.2 Å². The number of aromatic nitrogens is 2. The van der Waals surface area contributed by atoms with E-state index in [4.69, 9.17) is 56.8 Å². The zero-order chi connectivity index (χ0) is 112. The van der Waals surface area contributed by atoms with E-state index in [1.54, 1.807) is 116 Å². The third kappa shape index (κ3) is 30.8. The fraction of sp³-hybridized carbons (Fsp3) is 0.759. The minimum absolute atomic E-state index is 0.0393. The van der Waals surface area contributed by atoms with Crippen molar-refractivity contribution in [3.8, 4) is 0 Å². The van der Waals surface area contributed by atoms with Crippen LogP contribution >= 0.6 is 0 Å². The number of benzene rings is 2. The predicted molar refractivity (Wildman–Crippen MR) is 548 cm³/mol. The number of carbonyl (C=O) groups excluding carboxylic acids is 4. The average Bonchev–Trinajstić information content (AvgIpc) is 1.17. The summed E-state index contributed by atoms with van der Waals surface area (Å²) in [6.45, 7) is 38.5. The monoisotopic (exact) mass is 2140 g/mol. The zero-order valence-electron chi connectivity index (χ0n) is 92.5. The maximum absolute atomic E-state index is 14.6. The van der Waals surface area contributed by atoms with Crippen molar-refractivity contribution in [2.75, 3.05) is 92.3 Å². The molecule has 6 saturated heterocycles. The Labute approximate surface area is 880 Å². The molecular weight excluding hydrogens is 1970 g/mol. The van der Waals surface area contributed by atoms with Crippen LogP contribution in [0.25, 0.3) is 0 Å². The van der Waals surface area contributed by atoms with Crippen LogP contribution in [0, 0.1) is 49.4 Å². The van der Waals surface area contributed by atoms with Crippen LogP contribution in [0.1, 0.15) is 246 Å². The predicted octanol–water partition coefficient (Wildman–Crippen LogP) is 11.1. The Hall–Kier alpha value is -7.16. The van der Waals surface area contributed by atoms with Crippen molar-refractivity contribution in [1.29, 1.82) is 0 Å². The molecule has 0 saturated carbocycles. The highest BCUT2D eigenvalue weighted by Crippen LogP contribution is 2.47. The summed E-state index contributed by atoms with van der Waals surface area (Å²) in [7, 11) is 10.3. The number of anilines is 4. The van der Waals surface area contributed by atoms with E-state index in [1.807, 2.05) is 68.4 Å². The van der Waals surface area contributed by atoms with Gasteiger partial charge in [0, 0.05) is 120 Å². The Morgan fingerprint density at radius 1 is 0.513 bits per heavy atom. The molecule has 36 nitrogen and oxygen atoms in total. The highest BCUT2D eigenvalue weighted by molar-refractivity contribution is 6.00. The minimum atomic E-state index is -4.58. The maximum atomic E-state index is 14.6. The van der Waals surface area contributed by atoms with Crippen molar-refractivity contribution in [3.05, 3.63) is 106 Å². The highest BCUT2D eigenvalue weighted by Gasteiger charge is 2.58. The molecule has 0 unspecified atom stereocenters. The van der Waals surface area contributed by atoms with Gasteiger partial charge in [-0.3, -0.25) is 24.1 Å². The van der Waals surface area contributed by atoms with Gasteiger partial charge in [0.25, 0.3) is 11.8 Å². The van der Waals surface area contributed by atoms with Crippen LogP contribution in [-0.4, -0.2) is 367 Å². The lowest BCUT2D eigenvalue weighted by molar-refractivity contribution is -0.318. The van der Waals surface area contributed by atoms with Crippen LogP contribution < -0.4 is 21.3 Å². The molecule has 0 radical (unpaired) electrons. The topological polar surface area (TPSA) is 468 Å². The van der Waals surface area contributed by atoms with Gasteiger partial charge in [-0.25, -0.2) is 9.97 Å². The van der Waals surface area contributed by atoms with Gasteiger partial charge in [-0.1, -0.05) is 53.7 Å². The number of alkyl halides is 6. The number of aliphatic hydroxyl groups is 10. The summed E-state index contributed by atoms with van der Waals surface area (Å²) in [4.78, 5) is 72.4. The number of cyclic esters (lactones) is 2. The first-order chi connectivity index (χ1) is 69.7. The third-order valence-corrected chi connectivity index (χ3v) is 31.9. The van der Waals surface area contributed by atoms with Gasteiger partial charge in [0.05, 0.1) is 105 Å². The number of rotatable bonds is 28. The highest BCUT2D eigenvalue weighted by atomic mass is 19.4. The summed E-state index contributed by atoms with van der Waals surface area (Å²) in [6, 6.07) is 11.3. The number of aliphatic hydroxyl groups excluding tert-OH is 6. The first kappa shape index (κ1) is 126. The molecule has 6 fully saturated rings. The third-order valence-electron chi connectivity index (χ3n) is 31.9. The maximum Gasteiger partial charge on any atom is 0.416 e. The molecule has 36 atom stereocenters. The molecule has 0 bridgehead atoms. The molecule has 14 N–H and O–H groups in total. The van der Waals surface area contributed by atoms with Gasteiger partial charge < -0.3 is 144 Å². The van der Waals surface area contributed by atoms with Gasteiger partial charge in [0.1, 0.15) is 71.7 Å². The lowest BCUT2D eigenvalue weighted by Gasteiger charge is -2.49. The molecule has 8 heterocycles. The number of nitrogens with one attached hydrogen (secondary N) is 4. The minimum Gasteiger partial charge on any atom is -0.459 e. The molecule has 2 aromatic carbocycles. The normalized spacial score (nSPS) is 38.1. The smallest absolute Gasteiger partial charge is 0.416 e. The number of hydrogen-bond donors (Lipinski definition) is 14. The van der Waals surface area contributed by atoms with Crippen LogP contribution in [0.2, 0.25) is 0 Å². The van der Waals surface area contributed by atoms with Crippen molar-refractivity contribution in [2.24, 2.45) is 35.5 Å². The molecular formula is C108H172F6N10O26. The molecule has 6 aliphatic rings. The van der Waals surface area contributed by atoms with Crippen LogP contribution in [0.15, 0.2) is 73.1 Å². The molecule has 10 rings (SSSR count). The number of ether oxygens (including phenoxy) is 12. The van der Waals surface area contributed by atoms with E-state index in [0.29, 0.717) is 38.8 Å². The molecule has 6 aliphatic heterocycles. The van der Waals surface area contributed by atoms with Gasteiger partial charge in [-0.2, -0.15) is 26.3 Å². The molecule has 4 aromatic rings. The van der Waals surface area contributed by atoms with Crippen molar-refractivity contribution < 1.29 is 153 Å². The van der Waals surface area contributed by atoms with Crippen LogP contribution in [0.3, 0.4) is 0 Å². The molecule has 42 heteroatoms. The summed E-state index contributed by atoms with van der Waals surface area (Å²) in [5.41, 5.74) is -10.7. The summed E-state index contributed by atoms with van der Waals surface area (Å²) >= 11 is 0. The van der Waals surface area contributed by atoms with Crippen molar-refractivity contribution in [2.45, 2.75) is 409 Å².